The van der Waals surface area contributed by atoms with E-state index in [9.17, 15) is 0 Å². The minimum absolute atomic E-state index is 0.922. The Labute approximate surface area is 130 Å². The van der Waals surface area contributed by atoms with E-state index >= 15 is 0 Å². The van der Waals surface area contributed by atoms with Crippen molar-refractivity contribution in [2.45, 2.75) is 90.5 Å². The molecule has 0 bridgehead atoms. The highest BCUT2D eigenvalue weighted by molar-refractivity contribution is 6.08. The minimum Gasteiger partial charge on any atom is -0.0656 e. The molecule has 0 N–H and O–H groups in total. The highest BCUT2D eigenvalue weighted by Crippen LogP contribution is 2.42. The van der Waals surface area contributed by atoms with Crippen LogP contribution in [-0.2, 0) is 0 Å². The molecule has 0 heterocycles. The molecule has 2 atom stereocenters. The average molecular weight is 295 g/mol. The molecular formula is C19H38Si. The molecule has 0 spiro atoms. The summed E-state index contributed by atoms with van der Waals surface area (Å²) in [5, 5.41) is 0. The molecule has 0 radical (unpaired) electrons. The standard InChI is InChI=1S/C19H38Si/c1-15(2)17-8-10-18(11-9-17)19-7-5-3-4-6-16(14-19)12-13-20/h15-19H,3-14H2,1-2,20H3. The summed E-state index contributed by atoms with van der Waals surface area (Å²) in [5.41, 5.74) is 0. The molecule has 2 fully saturated rings. The molecule has 2 saturated carbocycles. The summed E-state index contributed by atoms with van der Waals surface area (Å²) in [5.74, 6) is 5.25. The Kier molecular flexibility index (Phi) is 7.14. The van der Waals surface area contributed by atoms with Crippen molar-refractivity contribution in [3.8, 4) is 0 Å². The summed E-state index contributed by atoms with van der Waals surface area (Å²) in [6, 6.07) is 1.54. The Balaban J connectivity index is 1.85. The number of hydrogen-bond donors (Lipinski definition) is 0. The van der Waals surface area contributed by atoms with Crippen molar-refractivity contribution < 1.29 is 0 Å². The molecule has 2 aliphatic carbocycles. The Bertz CT molecular complexity index is 252. The Hall–Kier alpha value is 0.217. The van der Waals surface area contributed by atoms with Crippen molar-refractivity contribution in [1.82, 2.24) is 0 Å². The first-order valence-electron chi connectivity index (χ1n) is 9.70. The molecule has 0 nitrogen and oxygen atoms in total. The van der Waals surface area contributed by atoms with E-state index in [0.717, 1.165) is 29.6 Å². The fourth-order valence-electron chi connectivity index (χ4n) is 5.06. The average Bonchev–Trinajstić information content (AvgIpc) is 2.42. The third-order valence-electron chi connectivity index (χ3n) is 6.45. The topological polar surface area (TPSA) is 0 Å². The first kappa shape index (κ1) is 16.6. The van der Waals surface area contributed by atoms with Gasteiger partial charge in [-0.3, -0.25) is 0 Å². The molecule has 0 aliphatic heterocycles. The zero-order valence-corrected chi connectivity index (χ0v) is 16.4. The van der Waals surface area contributed by atoms with E-state index in [1.807, 2.05) is 0 Å². The van der Waals surface area contributed by atoms with Crippen LogP contribution in [0.1, 0.15) is 84.5 Å². The fraction of sp³-hybridized carbons (Fsp3) is 1.00. The van der Waals surface area contributed by atoms with Crippen molar-refractivity contribution in [2.24, 2.45) is 29.6 Å². The maximum atomic E-state index is 2.43. The van der Waals surface area contributed by atoms with Crippen LogP contribution in [0.5, 0.6) is 0 Å². The molecule has 2 unspecified atom stereocenters. The van der Waals surface area contributed by atoms with Crippen molar-refractivity contribution in [1.29, 1.82) is 0 Å². The van der Waals surface area contributed by atoms with Crippen LogP contribution in [0.3, 0.4) is 0 Å². The summed E-state index contributed by atoms with van der Waals surface area (Å²) in [6.45, 7) is 4.87. The molecule has 0 aromatic rings. The predicted molar refractivity (Wildman–Crippen MR) is 94.3 cm³/mol. The van der Waals surface area contributed by atoms with Gasteiger partial charge in [0.1, 0.15) is 0 Å². The molecule has 1 heteroatoms. The number of hydrogen-bond acceptors (Lipinski definition) is 0. The molecule has 0 aromatic heterocycles. The van der Waals surface area contributed by atoms with Crippen LogP contribution in [0, 0.1) is 29.6 Å². The summed E-state index contributed by atoms with van der Waals surface area (Å²) in [7, 11) is 1.42. The van der Waals surface area contributed by atoms with Gasteiger partial charge in [0.15, 0.2) is 0 Å². The smallest absolute Gasteiger partial charge is 0.00281 e. The van der Waals surface area contributed by atoms with E-state index in [-0.39, 0.29) is 0 Å². The highest BCUT2D eigenvalue weighted by Gasteiger charge is 2.30. The van der Waals surface area contributed by atoms with Gasteiger partial charge in [0.2, 0.25) is 0 Å². The summed E-state index contributed by atoms with van der Waals surface area (Å²) in [4.78, 5) is 0. The van der Waals surface area contributed by atoms with E-state index in [1.54, 1.807) is 38.5 Å². The largest absolute Gasteiger partial charge is 0.0656 e. The van der Waals surface area contributed by atoms with Gasteiger partial charge >= 0.3 is 0 Å². The lowest BCUT2D eigenvalue weighted by atomic mass is 9.68. The van der Waals surface area contributed by atoms with Gasteiger partial charge in [-0.15, -0.1) is 0 Å². The molecule has 0 amide bonds. The Morgan fingerprint density at radius 2 is 1.55 bits per heavy atom. The third-order valence-corrected chi connectivity index (χ3v) is 7.02. The van der Waals surface area contributed by atoms with E-state index in [4.69, 9.17) is 0 Å². The van der Waals surface area contributed by atoms with Gasteiger partial charge in [-0.2, -0.15) is 0 Å². The quantitative estimate of drug-likeness (QED) is 0.624. The first-order valence-corrected chi connectivity index (χ1v) is 11.1. The van der Waals surface area contributed by atoms with Gasteiger partial charge < -0.3 is 0 Å². The second-order valence-corrected chi connectivity index (χ2v) is 9.21. The summed E-state index contributed by atoms with van der Waals surface area (Å²) < 4.78 is 0. The summed E-state index contributed by atoms with van der Waals surface area (Å²) in [6.07, 6.45) is 17.0. The zero-order chi connectivity index (χ0) is 14.4. The van der Waals surface area contributed by atoms with Crippen molar-refractivity contribution in [3.05, 3.63) is 0 Å². The van der Waals surface area contributed by atoms with Gasteiger partial charge in [-0.05, 0) is 61.7 Å². The lowest BCUT2D eigenvalue weighted by Gasteiger charge is -2.38. The monoisotopic (exact) mass is 294 g/mol. The van der Waals surface area contributed by atoms with Gasteiger partial charge in [0.05, 0.1) is 0 Å². The lowest BCUT2D eigenvalue weighted by Crippen LogP contribution is -2.26. The van der Waals surface area contributed by atoms with Gasteiger partial charge in [0.25, 0.3) is 0 Å². The molecule has 2 aliphatic rings. The fourth-order valence-corrected chi connectivity index (χ4v) is 5.88. The third kappa shape index (κ3) is 4.89. The van der Waals surface area contributed by atoms with Crippen LogP contribution in [0.2, 0.25) is 6.04 Å². The predicted octanol–water partition coefficient (Wildman–Crippen LogP) is 5.21. The van der Waals surface area contributed by atoms with Crippen LogP contribution >= 0.6 is 0 Å². The van der Waals surface area contributed by atoms with Crippen LogP contribution < -0.4 is 0 Å². The lowest BCUT2D eigenvalue weighted by molar-refractivity contribution is 0.138. The van der Waals surface area contributed by atoms with Gasteiger partial charge in [-0.1, -0.05) is 58.4 Å². The van der Waals surface area contributed by atoms with Crippen LogP contribution in [0.4, 0.5) is 0 Å². The van der Waals surface area contributed by atoms with Crippen LogP contribution in [-0.4, -0.2) is 10.2 Å². The molecule has 118 valence electrons. The minimum atomic E-state index is 0.922. The van der Waals surface area contributed by atoms with Gasteiger partial charge in [-0.25, -0.2) is 0 Å². The van der Waals surface area contributed by atoms with E-state index in [2.05, 4.69) is 13.8 Å². The molecule has 0 saturated heterocycles. The maximum absolute atomic E-state index is 2.43. The summed E-state index contributed by atoms with van der Waals surface area (Å²) >= 11 is 0. The second kappa shape index (κ2) is 8.61. The molecule has 2 rings (SSSR count). The van der Waals surface area contributed by atoms with Crippen LogP contribution in [0.25, 0.3) is 0 Å². The maximum Gasteiger partial charge on any atom is 0.00281 e. The molecule has 20 heavy (non-hydrogen) atoms. The second-order valence-electron chi connectivity index (χ2n) is 8.21. The molecular weight excluding hydrogens is 256 g/mol. The van der Waals surface area contributed by atoms with E-state index < -0.39 is 0 Å². The van der Waals surface area contributed by atoms with Gasteiger partial charge in [0, 0.05) is 10.2 Å². The first-order chi connectivity index (χ1) is 9.70. The zero-order valence-electron chi connectivity index (χ0n) is 14.4. The Morgan fingerprint density at radius 1 is 0.850 bits per heavy atom. The SMILES string of the molecule is CC(C)C1CCC(C2CCCCCC(CC[SiH3])C2)CC1. The normalized spacial score (nSPS) is 36.8. The van der Waals surface area contributed by atoms with Crippen molar-refractivity contribution >= 4 is 10.2 Å². The van der Waals surface area contributed by atoms with Crippen LogP contribution in [0.15, 0.2) is 0 Å². The molecule has 0 aromatic carbocycles. The van der Waals surface area contributed by atoms with E-state index in [0.29, 0.717) is 0 Å². The van der Waals surface area contributed by atoms with Crippen molar-refractivity contribution in [3.63, 3.8) is 0 Å². The van der Waals surface area contributed by atoms with E-state index in [1.165, 1.54) is 48.4 Å². The number of rotatable bonds is 4. The highest BCUT2D eigenvalue weighted by atomic mass is 28.1. The Morgan fingerprint density at radius 3 is 2.20 bits per heavy atom. The van der Waals surface area contributed by atoms with Crippen molar-refractivity contribution in [2.75, 3.05) is 0 Å².